The average molecular weight is 281 g/mol. The van der Waals surface area contributed by atoms with E-state index in [1.807, 2.05) is 0 Å². The van der Waals surface area contributed by atoms with Crippen molar-refractivity contribution in [2.75, 3.05) is 0 Å². The number of aromatic amines is 1. The fraction of sp³-hybridized carbons (Fsp3) is 0.333. The number of nitrogens with zero attached hydrogens (tertiary/aromatic N) is 2. The Balaban J connectivity index is 2.00. The molecule has 1 heterocycles. The van der Waals surface area contributed by atoms with E-state index in [0.717, 1.165) is 24.6 Å². The molecule has 0 atom stereocenters. The van der Waals surface area contributed by atoms with Crippen LogP contribution >= 0.6 is 11.8 Å². The highest BCUT2D eigenvalue weighted by atomic mass is 32.2. The molecular formula is C12H12FN3O2S. The summed E-state index contributed by atoms with van der Waals surface area (Å²) in [5.74, 6) is -0.422. The highest BCUT2D eigenvalue weighted by Crippen LogP contribution is 2.38. The first-order chi connectivity index (χ1) is 9.20. The molecule has 19 heavy (non-hydrogen) atoms. The molecule has 2 N–H and O–H groups in total. The largest absolute Gasteiger partial charge is 0.392 e. The molecule has 1 aliphatic carbocycles. The van der Waals surface area contributed by atoms with E-state index in [4.69, 9.17) is 0 Å². The van der Waals surface area contributed by atoms with Crippen molar-refractivity contribution in [1.29, 1.82) is 0 Å². The molecule has 5 nitrogen and oxygen atoms in total. The van der Waals surface area contributed by atoms with E-state index in [-0.39, 0.29) is 18.3 Å². The van der Waals surface area contributed by atoms with E-state index < -0.39 is 5.82 Å². The molecule has 1 aromatic carbocycles. The molecule has 2 aromatic rings. The van der Waals surface area contributed by atoms with Crippen molar-refractivity contribution in [3.63, 3.8) is 0 Å². The van der Waals surface area contributed by atoms with Crippen LogP contribution in [0.1, 0.15) is 24.4 Å². The first kappa shape index (κ1) is 12.4. The number of nitrogens with one attached hydrogen (secondary N) is 1. The fourth-order valence-electron chi connectivity index (χ4n) is 1.90. The van der Waals surface area contributed by atoms with Gasteiger partial charge in [-0.2, -0.15) is 0 Å². The van der Waals surface area contributed by atoms with Gasteiger partial charge in [0.25, 0.3) is 0 Å². The quantitative estimate of drug-likeness (QED) is 0.894. The Morgan fingerprint density at radius 1 is 1.53 bits per heavy atom. The van der Waals surface area contributed by atoms with E-state index in [1.54, 1.807) is 16.7 Å². The number of halogens is 1. The first-order valence-electron chi connectivity index (χ1n) is 5.93. The summed E-state index contributed by atoms with van der Waals surface area (Å²) in [6, 6.07) is 4.69. The van der Waals surface area contributed by atoms with Gasteiger partial charge in [-0.15, -0.1) is 5.10 Å². The SMILES string of the molecule is O=c1[nH]nc(Sc2c(F)cccc2CO)n1C1CC1. The summed E-state index contributed by atoms with van der Waals surface area (Å²) in [7, 11) is 0. The van der Waals surface area contributed by atoms with Gasteiger partial charge >= 0.3 is 5.69 Å². The summed E-state index contributed by atoms with van der Waals surface area (Å²) >= 11 is 1.07. The molecule has 1 aliphatic rings. The Kier molecular flexibility index (Phi) is 3.16. The summed E-state index contributed by atoms with van der Waals surface area (Å²) in [4.78, 5) is 12.0. The van der Waals surface area contributed by atoms with Crippen LogP contribution in [-0.2, 0) is 6.61 Å². The topological polar surface area (TPSA) is 70.9 Å². The molecule has 100 valence electrons. The minimum absolute atomic E-state index is 0.165. The Morgan fingerprint density at radius 3 is 3.00 bits per heavy atom. The average Bonchev–Trinajstić information content (AvgIpc) is 3.17. The summed E-state index contributed by atoms with van der Waals surface area (Å²) in [5, 5.41) is 16.0. The zero-order valence-corrected chi connectivity index (χ0v) is 10.8. The van der Waals surface area contributed by atoms with Crippen LogP contribution in [0.25, 0.3) is 0 Å². The smallest absolute Gasteiger partial charge is 0.344 e. The second-order valence-corrected chi connectivity index (χ2v) is 5.38. The van der Waals surface area contributed by atoms with Gasteiger partial charge in [-0.1, -0.05) is 12.1 Å². The molecular weight excluding hydrogens is 269 g/mol. The summed E-state index contributed by atoms with van der Waals surface area (Å²) in [6.07, 6.45) is 1.88. The van der Waals surface area contributed by atoms with Crippen molar-refractivity contribution in [3.8, 4) is 0 Å². The first-order valence-corrected chi connectivity index (χ1v) is 6.75. The second-order valence-electron chi connectivity index (χ2n) is 4.40. The number of aromatic nitrogens is 3. The van der Waals surface area contributed by atoms with Crippen molar-refractivity contribution in [2.45, 2.75) is 35.5 Å². The molecule has 7 heteroatoms. The summed E-state index contributed by atoms with van der Waals surface area (Å²) in [5.41, 5.74) is 0.217. The van der Waals surface area contributed by atoms with E-state index in [1.165, 1.54) is 6.07 Å². The lowest BCUT2D eigenvalue weighted by Crippen LogP contribution is -2.16. The normalized spacial score (nSPS) is 14.8. The summed E-state index contributed by atoms with van der Waals surface area (Å²) < 4.78 is 15.4. The lowest BCUT2D eigenvalue weighted by atomic mass is 10.2. The number of H-pyrrole nitrogens is 1. The predicted molar refractivity (Wildman–Crippen MR) is 67.6 cm³/mol. The lowest BCUT2D eigenvalue weighted by molar-refractivity contribution is 0.277. The monoisotopic (exact) mass is 281 g/mol. The number of benzene rings is 1. The van der Waals surface area contributed by atoms with Crippen molar-refractivity contribution in [1.82, 2.24) is 14.8 Å². The van der Waals surface area contributed by atoms with Crippen LogP contribution in [0.3, 0.4) is 0 Å². The fourth-order valence-corrected chi connectivity index (χ4v) is 2.93. The summed E-state index contributed by atoms with van der Waals surface area (Å²) in [6.45, 7) is -0.252. The molecule has 0 saturated heterocycles. The van der Waals surface area contributed by atoms with Gasteiger partial charge < -0.3 is 5.11 Å². The molecule has 1 fully saturated rings. The minimum atomic E-state index is -0.422. The van der Waals surface area contributed by atoms with Gasteiger partial charge in [0.1, 0.15) is 5.82 Å². The van der Waals surface area contributed by atoms with Gasteiger partial charge in [0.2, 0.25) is 0 Å². The van der Waals surface area contributed by atoms with E-state index in [0.29, 0.717) is 15.6 Å². The van der Waals surface area contributed by atoms with Gasteiger partial charge in [-0.25, -0.2) is 14.3 Å². The van der Waals surface area contributed by atoms with E-state index in [2.05, 4.69) is 10.2 Å². The second kappa shape index (κ2) is 4.82. The Labute approximate surface area is 112 Å². The maximum absolute atomic E-state index is 13.8. The standard InChI is InChI=1S/C12H12FN3O2S/c13-9-3-1-2-7(6-17)10(9)19-12-15-14-11(18)16(12)8-4-5-8/h1-3,8,17H,4-6H2,(H,14,18). The third-order valence-corrected chi connectivity index (χ3v) is 4.13. The molecule has 1 aromatic heterocycles. The Morgan fingerprint density at radius 2 is 2.32 bits per heavy atom. The Hall–Kier alpha value is -1.60. The van der Waals surface area contributed by atoms with Crippen LogP contribution in [-0.4, -0.2) is 19.9 Å². The number of aliphatic hydroxyl groups is 1. The lowest BCUT2D eigenvalue weighted by Gasteiger charge is -2.08. The Bertz CT molecular complexity index is 663. The molecule has 0 unspecified atom stereocenters. The third kappa shape index (κ3) is 2.31. The molecule has 1 saturated carbocycles. The van der Waals surface area contributed by atoms with Gasteiger partial charge in [-0.05, 0) is 36.2 Å². The van der Waals surface area contributed by atoms with Gasteiger partial charge in [0.05, 0.1) is 11.5 Å². The van der Waals surface area contributed by atoms with Gasteiger partial charge in [-0.3, -0.25) is 4.57 Å². The van der Waals surface area contributed by atoms with E-state index >= 15 is 0 Å². The van der Waals surface area contributed by atoms with Crippen molar-refractivity contribution < 1.29 is 9.50 Å². The molecule has 0 spiro atoms. The zero-order valence-electron chi connectivity index (χ0n) is 9.97. The molecule has 3 rings (SSSR count). The number of rotatable bonds is 4. The highest BCUT2D eigenvalue weighted by molar-refractivity contribution is 7.99. The van der Waals surface area contributed by atoms with Crippen LogP contribution in [0.2, 0.25) is 0 Å². The van der Waals surface area contributed by atoms with E-state index in [9.17, 15) is 14.3 Å². The minimum Gasteiger partial charge on any atom is -0.392 e. The van der Waals surface area contributed by atoms with Crippen molar-refractivity contribution in [3.05, 3.63) is 40.1 Å². The molecule has 0 bridgehead atoms. The van der Waals surface area contributed by atoms with Crippen LogP contribution in [0.5, 0.6) is 0 Å². The number of aliphatic hydroxyl groups excluding tert-OH is 1. The zero-order chi connectivity index (χ0) is 13.4. The third-order valence-electron chi connectivity index (χ3n) is 3.00. The van der Waals surface area contributed by atoms with Gasteiger partial charge in [0, 0.05) is 6.04 Å². The van der Waals surface area contributed by atoms with Crippen LogP contribution < -0.4 is 5.69 Å². The van der Waals surface area contributed by atoms with Crippen LogP contribution in [0.15, 0.2) is 33.0 Å². The number of hydrogen-bond donors (Lipinski definition) is 2. The highest BCUT2D eigenvalue weighted by Gasteiger charge is 2.29. The van der Waals surface area contributed by atoms with Gasteiger partial charge in [0.15, 0.2) is 5.16 Å². The van der Waals surface area contributed by atoms with Crippen molar-refractivity contribution in [2.24, 2.45) is 0 Å². The maximum Gasteiger partial charge on any atom is 0.344 e. The predicted octanol–water partition coefficient (Wildman–Crippen LogP) is 1.69. The maximum atomic E-state index is 13.8. The molecule has 0 aliphatic heterocycles. The molecule has 0 radical (unpaired) electrons. The van der Waals surface area contributed by atoms with Crippen molar-refractivity contribution >= 4 is 11.8 Å². The van der Waals surface area contributed by atoms with Crippen LogP contribution in [0.4, 0.5) is 4.39 Å². The molecule has 0 amide bonds. The number of hydrogen-bond acceptors (Lipinski definition) is 4. The van der Waals surface area contributed by atoms with Crippen LogP contribution in [0, 0.1) is 5.82 Å².